The Hall–Kier alpha value is -2.27. The highest BCUT2D eigenvalue weighted by Crippen LogP contribution is 2.12. The van der Waals surface area contributed by atoms with Gasteiger partial charge in [0.2, 0.25) is 0 Å². The van der Waals surface area contributed by atoms with E-state index in [9.17, 15) is 0 Å². The molecule has 0 saturated heterocycles. The molecule has 0 aliphatic carbocycles. The van der Waals surface area contributed by atoms with Crippen LogP contribution in [0, 0.1) is 0 Å². The van der Waals surface area contributed by atoms with E-state index >= 15 is 0 Å². The van der Waals surface area contributed by atoms with Crippen LogP contribution in [-0.4, -0.2) is 18.6 Å². The minimum absolute atomic E-state index is 0.792. The number of nitrogens with two attached hydrogens (primary N) is 1. The van der Waals surface area contributed by atoms with E-state index < -0.39 is 0 Å². The average molecular weight is 258 g/mol. The van der Waals surface area contributed by atoms with E-state index in [2.05, 4.69) is 27.9 Å². The zero-order valence-corrected chi connectivity index (χ0v) is 10.9. The lowest BCUT2D eigenvalue weighted by molar-refractivity contribution is 0.414. The fourth-order valence-corrected chi connectivity index (χ4v) is 1.71. The van der Waals surface area contributed by atoms with Crippen LogP contribution in [0.25, 0.3) is 0 Å². The standard InChI is InChI=1S/C14H18N4O/c1-19-13-5-2-11(3-6-13)8-9-16-14-7-4-12(18-15)10-17-14/h2-7,10,18H,8-9,15H2,1H3,(H,16,17). The first-order chi connectivity index (χ1) is 9.31. The monoisotopic (exact) mass is 258 g/mol. The van der Waals surface area contributed by atoms with Gasteiger partial charge in [0.15, 0.2) is 0 Å². The summed E-state index contributed by atoms with van der Waals surface area (Å²) in [6.45, 7) is 0.828. The number of hydrogen-bond acceptors (Lipinski definition) is 5. The van der Waals surface area contributed by atoms with E-state index in [1.165, 1.54) is 5.56 Å². The molecule has 5 heteroatoms. The van der Waals surface area contributed by atoms with Crippen molar-refractivity contribution in [3.8, 4) is 5.75 Å². The van der Waals surface area contributed by atoms with Crippen LogP contribution in [0.5, 0.6) is 5.75 Å². The van der Waals surface area contributed by atoms with Gasteiger partial charge in [0.25, 0.3) is 0 Å². The van der Waals surface area contributed by atoms with Crippen molar-refractivity contribution in [3.05, 3.63) is 48.2 Å². The van der Waals surface area contributed by atoms with Crippen LogP contribution in [-0.2, 0) is 6.42 Å². The van der Waals surface area contributed by atoms with Gasteiger partial charge in [-0.25, -0.2) is 4.98 Å². The number of anilines is 2. The topological polar surface area (TPSA) is 72.2 Å². The molecule has 1 aromatic heterocycles. The van der Waals surface area contributed by atoms with Crippen molar-refractivity contribution >= 4 is 11.5 Å². The van der Waals surface area contributed by atoms with Gasteiger partial charge in [0.1, 0.15) is 11.6 Å². The molecule has 0 unspecified atom stereocenters. The van der Waals surface area contributed by atoms with E-state index in [0.29, 0.717) is 0 Å². The largest absolute Gasteiger partial charge is 0.497 e. The third kappa shape index (κ3) is 3.86. The number of aromatic nitrogens is 1. The smallest absolute Gasteiger partial charge is 0.126 e. The van der Waals surface area contributed by atoms with E-state index in [0.717, 1.165) is 30.2 Å². The van der Waals surface area contributed by atoms with Crippen LogP contribution in [0.15, 0.2) is 42.6 Å². The lowest BCUT2D eigenvalue weighted by atomic mass is 10.1. The number of methoxy groups -OCH3 is 1. The molecule has 0 fully saturated rings. The zero-order valence-electron chi connectivity index (χ0n) is 10.9. The molecule has 2 rings (SSSR count). The summed E-state index contributed by atoms with van der Waals surface area (Å²) in [6.07, 6.45) is 2.62. The Bertz CT molecular complexity index is 448. The second kappa shape index (κ2) is 6.61. The number of benzene rings is 1. The van der Waals surface area contributed by atoms with Gasteiger partial charge in [-0.3, -0.25) is 5.84 Å². The molecule has 0 aliphatic rings. The highest BCUT2D eigenvalue weighted by Gasteiger charge is 1.97. The normalized spacial score (nSPS) is 10.0. The van der Waals surface area contributed by atoms with Gasteiger partial charge >= 0.3 is 0 Å². The molecule has 2 aromatic rings. The Morgan fingerprint density at radius 2 is 1.95 bits per heavy atom. The summed E-state index contributed by atoms with van der Waals surface area (Å²) < 4.78 is 5.12. The van der Waals surface area contributed by atoms with Crippen LogP contribution in [0.3, 0.4) is 0 Å². The first-order valence-electron chi connectivity index (χ1n) is 6.11. The summed E-state index contributed by atoms with van der Waals surface area (Å²) in [5.41, 5.74) is 4.60. The second-order valence-corrected chi connectivity index (χ2v) is 4.10. The molecule has 100 valence electrons. The fourth-order valence-electron chi connectivity index (χ4n) is 1.71. The zero-order chi connectivity index (χ0) is 13.5. The average Bonchev–Trinajstić information content (AvgIpc) is 2.49. The van der Waals surface area contributed by atoms with E-state index in [-0.39, 0.29) is 0 Å². The third-order valence-electron chi connectivity index (χ3n) is 2.81. The molecule has 0 amide bonds. The van der Waals surface area contributed by atoms with Crippen molar-refractivity contribution in [2.45, 2.75) is 6.42 Å². The molecule has 19 heavy (non-hydrogen) atoms. The minimum Gasteiger partial charge on any atom is -0.497 e. The lowest BCUT2D eigenvalue weighted by Crippen LogP contribution is -2.09. The molecule has 0 radical (unpaired) electrons. The summed E-state index contributed by atoms with van der Waals surface area (Å²) in [7, 11) is 1.67. The van der Waals surface area contributed by atoms with Crippen molar-refractivity contribution < 1.29 is 4.74 Å². The van der Waals surface area contributed by atoms with Crippen LogP contribution in [0.1, 0.15) is 5.56 Å². The SMILES string of the molecule is COc1ccc(CCNc2ccc(NN)cn2)cc1. The number of pyridine rings is 1. The highest BCUT2D eigenvalue weighted by atomic mass is 16.5. The Labute approximate surface area is 112 Å². The Balaban J connectivity index is 1.81. The maximum absolute atomic E-state index is 5.28. The molecule has 0 atom stereocenters. The molecule has 1 aromatic carbocycles. The summed E-state index contributed by atoms with van der Waals surface area (Å²) in [4.78, 5) is 4.23. The quantitative estimate of drug-likeness (QED) is 0.546. The molecule has 0 aliphatic heterocycles. The fraction of sp³-hybridized carbons (Fsp3) is 0.214. The van der Waals surface area contributed by atoms with E-state index in [1.807, 2.05) is 24.3 Å². The maximum Gasteiger partial charge on any atom is 0.126 e. The number of nitrogen functional groups attached to an aromatic ring is 1. The van der Waals surface area contributed by atoms with Gasteiger partial charge in [-0.2, -0.15) is 0 Å². The van der Waals surface area contributed by atoms with Gasteiger partial charge in [0.05, 0.1) is 19.0 Å². The Morgan fingerprint density at radius 1 is 1.16 bits per heavy atom. The number of ether oxygens (including phenoxy) is 1. The maximum atomic E-state index is 5.28. The highest BCUT2D eigenvalue weighted by molar-refractivity contribution is 5.46. The molecule has 5 nitrogen and oxygen atoms in total. The number of nitrogens with zero attached hydrogens (tertiary/aromatic N) is 1. The van der Waals surface area contributed by atoms with Crippen molar-refractivity contribution in [1.82, 2.24) is 4.98 Å². The van der Waals surface area contributed by atoms with Gasteiger partial charge in [-0.1, -0.05) is 12.1 Å². The van der Waals surface area contributed by atoms with Crippen molar-refractivity contribution in [3.63, 3.8) is 0 Å². The Kier molecular flexibility index (Phi) is 4.58. The van der Waals surface area contributed by atoms with Crippen LogP contribution >= 0.6 is 0 Å². The second-order valence-electron chi connectivity index (χ2n) is 4.10. The summed E-state index contributed by atoms with van der Waals surface area (Å²) >= 11 is 0. The summed E-state index contributed by atoms with van der Waals surface area (Å²) in [5.74, 6) is 7.00. The van der Waals surface area contributed by atoms with Crippen LogP contribution in [0.4, 0.5) is 11.5 Å². The molecular formula is C14H18N4O. The van der Waals surface area contributed by atoms with Crippen LogP contribution < -0.4 is 21.3 Å². The lowest BCUT2D eigenvalue weighted by Gasteiger charge is -2.07. The number of hydrogen-bond donors (Lipinski definition) is 3. The Morgan fingerprint density at radius 3 is 2.53 bits per heavy atom. The van der Waals surface area contributed by atoms with E-state index in [1.54, 1.807) is 13.3 Å². The van der Waals surface area contributed by atoms with Gasteiger partial charge < -0.3 is 15.5 Å². The number of hydrazine groups is 1. The third-order valence-corrected chi connectivity index (χ3v) is 2.81. The summed E-state index contributed by atoms with van der Waals surface area (Å²) in [6, 6.07) is 11.8. The summed E-state index contributed by atoms with van der Waals surface area (Å²) in [5, 5.41) is 3.26. The van der Waals surface area contributed by atoms with Crippen molar-refractivity contribution in [2.24, 2.45) is 5.84 Å². The first-order valence-corrected chi connectivity index (χ1v) is 6.11. The van der Waals surface area contributed by atoms with Gasteiger partial charge in [-0.05, 0) is 36.2 Å². The van der Waals surface area contributed by atoms with Gasteiger partial charge in [0, 0.05) is 6.54 Å². The van der Waals surface area contributed by atoms with Crippen molar-refractivity contribution in [2.75, 3.05) is 24.4 Å². The predicted molar refractivity (Wildman–Crippen MR) is 77.2 cm³/mol. The van der Waals surface area contributed by atoms with Crippen molar-refractivity contribution in [1.29, 1.82) is 0 Å². The molecule has 0 saturated carbocycles. The number of nitrogens with one attached hydrogen (secondary N) is 2. The number of rotatable bonds is 6. The van der Waals surface area contributed by atoms with Gasteiger partial charge in [-0.15, -0.1) is 0 Å². The molecule has 0 spiro atoms. The molecule has 0 bridgehead atoms. The molecule has 4 N–H and O–H groups in total. The van der Waals surface area contributed by atoms with Crippen LogP contribution in [0.2, 0.25) is 0 Å². The first kappa shape index (κ1) is 13.2. The molecule has 1 heterocycles. The minimum atomic E-state index is 0.792. The molecular weight excluding hydrogens is 240 g/mol. The predicted octanol–water partition coefficient (Wildman–Crippen LogP) is 2.03. The van der Waals surface area contributed by atoms with E-state index in [4.69, 9.17) is 10.6 Å².